The molecule has 1 saturated heterocycles. The summed E-state index contributed by atoms with van der Waals surface area (Å²) in [4.78, 5) is 0. The number of aryl methyl sites for hydroxylation is 2. The van der Waals surface area contributed by atoms with Gasteiger partial charge in [0.25, 0.3) is 0 Å². The van der Waals surface area contributed by atoms with E-state index in [0.717, 1.165) is 32.4 Å². The molecule has 16 heavy (non-hydrogen) atoms. The van der Waals surface area contributed by atoms with Gasteiger partial charge in [-0.3, -0.25) is 0 Å². The molecule has 0 bridgehead atoms. The first-order valence-electron chi connectivity index (χ1n) is 6.08. The van der Waals surface area contributed by atoms with Crippen LogP contribution in [-0.2, 0) is 6.42 Å². The van der Waals surface area contributed by atoms with Gasteiger partial charge in [-0.2, -0.15) is 0 Å². The molecule has 2 nitrogen and oxygen atoms in total. The largest absolute Gasteiger partial charge is 0.388 e. The average molecular weight is 219 g/mol. The smallest absolute Gasteiger partial charge is 0.0812 e. The molecule has 0 spiro atoms. The van der Waals surface area contributed by atoms with Crippen LogP contribution in [0.2, 0.25) is 0 Å². The van der Waals surface area contributed by atoms with Crippen molar-refractivity contribution in [1.82, 2.24) is 5.32 Å². The second kappa shape index (κ2) is 4.56. The van der Waals surface area contributed by atoms with Crippen molar-refractivity contribution >= 4 is 0 Å². The molecule has 1 heterocycles. The van der Waals surface area contributed by atoms with Gasteiger partial charge in [0.1, 0.15) is 0 Å². The minimum atomic E-state index is -0.545. The predicted octanol–water partition coefficient (Wildman–Crippen LogP) is 1.96. The summed E-state index contributed by atoms with van der Waals surface area (Å²) < 4.78 is 0. The zero-order valence-electron chi connectivity index (χ0n) is 10.2. The number of hydrogen-bond acceptors (Lipinski definition) is 2. The molecular weight excluding hydrogens is 198 g/mol. The summed E-state index contributed by atoms with van der Waals surface area (Å²) in [5.41, 5.74) is 3.29. The molecule has 2 N–H and O–H groups in total. The van der Waals surface area contributed by atoms with Crippen LogP contribution in [0.3, 0.4) is 0 Å². The fourth-order valence-electron chi connectivity index (χ4n) is 2.45. The molecule has 1 atom stereocenters. The second-order valence-electron chi connectivity index (χ2n) is 5.11. The van der Waals surface area contributed by atoms with Gasteiger partial charge >= 0.3 is 0 Å². The van der Waals surface area contributed by atoms with Crippen molar-refractivity contribution in [3.8, 4) is 0 Å². The molecule has 1 unspecified atom stereocenters. The molecule has 2 heteroatoms. The quantitative estimate of drug-likeness (QED) is 0.797. The topological polar surface area (TPSA) is 32.3 Å². The van der Waals surface area contributed by atoms with Gasteiger partial charge in [0.2, 0.25) is 0 Å². The Labute approximate surface area is 97.7 Å². The van der Waals surface area contributed by atoms with E-state index in [1.54, 1.807) is 0 Å². The first kappa shape index (κ1) is 11.6. The molecule has 88 valence electrons. The van der Waals surface area contributed by atoms with Gasteiger partial charge in [0, 0.05) is 13.0 Å². The van der Waals surface area contributed by atoms with E-state index in [1.807, 2.05) is 0 Å². The molecule has 1 aliphatic heterocycles. The second-order valence-corrected chi connectivity index (χ2v) is 5.11. The van der Waals surface area contributed by atoms with E-state index in [1.165, 1.54) is 16.7 Å². The Morgan fingerprint density at radius 3 is 2.88 bits per heavy atom. The summed E-state index contributed by atoms with van der Waals surface area (Å²) in [6.45, 7) is 5.98. The molecule has 0 radical (unpaired) electrons. The molecule has 1 aromatic carbocycles. The van der Waals surface area contributed by atoms with Crippen molar-refractivity contribution in [3.63, 3.8) is 0 Å². The first-order chi connectivity index (χ1) is 7.59. The van der Waals surface area contributed by atoms with Gasteiger partial charge in [-0.05, 0) is 44.4 Å². The number of hydrogen-bond donors (Lipinski definition) is 2. The summed E-state index contributed by atoms with van der Waals surface area (Å²) in [7, 11) is 0. The van der Waals surface area contributed by atoms with E-state index in [9.17, 15) is 5.11 Å². The maximum Gasteiger partial charge on any atom is 0.0812 e. The predicted molar refractivity (Wildman–Crippen MR) is 66.7 cm³/mol. The van der Waals surface area contributed by atoms with Crippen molar-refractivity contribution in [1.29, 1.82) is 0 Å². The van der Waals surface area contributed by atoms with Crippen LogP contribution in [0.4, 0.5) is 0 Å². The number of aliphatic hydroxyl groups is 1. The minimum Gasteiger partial charge on any atom is -0.388 e. The van der Waals surface area contributed by atoms with E-state index in [4.69, 9.17) is 0 Å². The molecule has 1 fully saturated rings. The fourth-order valence-corrected chi connectivity index (χ4v) is 2.45. The normalized spacial score (nSPS) is 25.7. The Morgan fingerprint density at radius 2 is 2.19 bits per heavy atom. The van der Waals surface area contributed by atoms with E-state index in [-0.39, 0.29) is 0 Å². The third kappa shape index (κ3) is 2.63. The van der Waals surface area contributed by atoms with Crippen molar-refractivity contribution in [2.75, 3.05) is 13.1 Å². The number of β-amino-alcohol motifs (C(OH)–C–C–N with tert-alkyl or cyclic N) is 1. The van der Waals surface area contributed by atoms with Crippen LogP contribution in [0.25, 0.3) is 0 Å². The molecule has 1 aliphatic rings. The van der Waals surface area contributed by atoms with E-state index in [2.05, 4.69) is 37.4 Å². The van der Waals surface area contributed by atoms with Crippen LogP contribution in [0, 0.1) is 13.8 Å². The zero-order valence-corrected chi connectivity index (χ0v) is 10.2. The first-order valence-corrected chi connectivity index (χ1v) is 6.08. The Hall–Kier alpha value is -0.860. The third-order valence-electron chi connectivity index (χ3n) is 3.47. The Morgan fingerprint density at radius 1 is 1.38 bits per heavy atom. The Bertz CT molecular complexity index is 367. The van der Waals surface area contributed by atoms with Gasteiger partial charge in [-0.15, -0.1) is 0 Å². The molecule has 2 rings (SSSR count). The lowest BCUT2D eigenvalue weighted by atomic mass is 9.86. The molecular formula is C14H21NO. The summed E-state index contributed by atoms with van der Waals surface area (Å²) in [6, 6.07) is 6.47. The SMILES string of the molecule is Cc1ccc(C)c(CC2(O)CCCNC2)c1. The van der Waals surface area contributed by atoms with Crippen LogP contribution >= 0.6 is 0 Å². The molecule has 0 saturated carbocycles. The van der Waals surface area contributed by atoms with Crippen LogP contribution < -0.4 is 5.32 Å². The molecule has 0 amide bonds. The number of piperidine rings is 1. The van der Waals surface area contributed by atoms with Crippen LogP contribution in [0.5, 0.6) is 0 Å². The van der Waals surface area contributed by atoms with E-state index in [0.29, 0.717) is 0 Å². The number of nitrogens with one attached hydrogen (secondary N) is 1. The number of benzene rings is 1. The highest BCUT2D eigenvalue weighted by Crippen LogP contribution is 2.23. The monoisotopic (exact) mass is 219 g/mol. The van der Waals surface area contributed by atoms with E-state index < -0.39 is 5.60 Å². The van der Waals surface area contributed by atoms with Crippen molar-refractivity contribution < 1.29 is 5.11 Å². The van der Waals surface area contributed by atoms with Crippen LogP contribution in [-0.4, -0.2) is 23.8 Å². The lowest BCUT2D eigenvalue weighted by Gasteiger charge is -2.33. The summed E-state index contributed by atoms with van der Waals surface area (Å²) in [5.74, 6) is 0. The van der Waals surface area contributed by atoms with Gasteiger partial charge in [0.15, 0.2) is 0 Å². The average Bonchev–Trinajstić information content (AvgIpc) is 2.24. The fraction of sp³-hybridized carbons (Fsp3) is 0.571. The van der Waals surface area contributed by atoms with Gasteiger partial charge in [0.05, 0.1) is 5.60 Å². The van der Waals surface area contributed by atoms with Crippen LogP contribution in [0.1, 0.15) is 29.5 Å². The van der Waals surface area contributed by atoms with Gasteiger partial charge in [-0.1, -0.05) is 23.8 Å². The van der Waals surface area contributed by atoms with Crippen LogP contribution in [0.15, 0.2) is 18.2 Å². The minimum absolute atomic E-state index is 0.545. The highest BCUT2D eigenvalue weighted by atomic mass is 16.3. The maximum absolute atomic E-state index is 10.5. The zero-order chi connectivity index (χ0) is 11.6. The standard InChI is InChI=1S/C14H21NO/c1-11-4-5-12(2)13(8-11)9-14(16)6-3-7-15-10-14/h4-5,8,15-16H,3,6-7,9-10H2,1-2H3. The molecule has 1 aromatic rings. The highest BCUT2D eigenvalue weighted by Gasteiger charge is 2.29. The van der Waals surface area contributed by atoms with Crippen molar-refractivity contribution in [2.45, 2.75) is 38.7 Å². The highest BCUT2D eigenvalue weighted by molar-refractivity contribution is 5.31. The third-order valence-corrected chi connectivity index (χ3v) is 3.47. The summed E-state index contributed by atoms with van der Waals surface area (Å²) in [5, 5.41) is 13.8. The summed E-state index contributed by atoms with van der Waals surface area (Å²) in [6.07, 6.45) is 2.75. The Kier molecular flexibility index (Phi) is 3.31. The van der Waals surface area contributed by atoms with Gasteiger partial charge in [-0.25, -0.2) is 0 Å². The van der Waals surface area contributed by atoms with Crippen molar-refractivity contribution in [3.05, 3.63) is 34.9 Å². The maximum atomic E-state index is 10.5. The lowest BCUT2D eigenvalue weighted by Crippen LogP contribution is -2.47. The summed E-state index contributed by atoms with van der Waals surface area (Å²) >= 11 is 0. The number of rotatable bonds is 2. The van der Waals surface area contributed by atoms with E-state index >= 15 is 0 Å². The molecule has 0 aromatic heterocycles. The van der Waals surface area contributed by atoms with Gasteiger partial charge < -0.3 is 10.4 Å². The lowest BCUT2D eigenvalue weighted by molar-refractivity contribution is 0.0168. The molecule has 0 aliphatic carbocycles. The Balaban J connectivity index is 2.15. The van der Waals surface area contributed by atoms with Crippen molar-refractivity contribution in [2.24, 2.45) is 0 Å².